The number of hydrogen-bond acceptors (Lipinski definition) is 5. The third-order valence-electron chi connectivity index (χ3n) is 17.9. The first-order chi connectivity index (χ1) is 43.5. The number of phosphoric ester groups is 1. The number of allylic oxidation sites excluding steroid dienone is 9. The van der Waals surface area contributed by atoms with E-state index in [4.69, 9.17) is 9.05 Å². The van der Waals surface area contributed by atoms with Gasteiger partial charge in [0.1, 0.15) is 13.2 Å². The minimum Gasteiger partial charge on any atom is -0.387 e. The molecular weight excluding hydrogens is 1120 g/mol. The fourth-order valence-electron chi connectivity index (χ4n) is 11.9. The van der Waals surface area contributed by atoms with Gasteiger partial charge in [0.05, 0.1) is 39.9 Å². The summed E-state index contributed by atoms with van der Waals surface area (Å²) in [6.07, 6.45) is 98.5. The summed E-state index contributed by atoms with van der Waals surface area (Å²) in [5.41, 5.74) is 0. The third kappa shape index (κ3) is 73.5. The molecule has 0 aliphatic carbocycles. The number of rotatable bonds is 73. The van der Waals surface area contributed by atoms with E-state index in [0.717, 1.165) is 51.4 Å². The van der Waals surface area contributed by atoms with Crippen LogP contribution in [0.1, 0.15) is 393 Å². The number of carbonyl (C=O) groups is 1. The highest BCUT2D eigenvalue weighted by atomic mass is 31.2. The van der Waals surface area contributed by atoms with Crippen molar-refractivity contribution in [2.24, 2.45) is 0 Å². The van der Waals surface area contributed by atoms with Gasteiger partial charge in [-0.3, -0.25) is 13.8 Å². The monoisotopic (exact) mass is 1270 g/mol. The van der Waals surface area contributed by atoms with E-state index in [2.05, 4.69) is 67.8 Å². The van der Waals surface area contributed by atoms with Gasteiger partial charge in [-0.1, -0.05) is 370 Å². The van der Waals surface area contributed by atoms with E-state index in [0.29, 0.717) is 17.4 Å². The Morgan fingerprint density at radius 3 is 0.966 bits per heavy atom. The number of aliphatic hydroxyl groups is 1. The molecule has 0 saturated carbocycles. The number of carbonyl (C=O) groups excluding carboxylic acids is 1. The van der Waals surface area contributed by atoms with Gasteiger partial charge in [-0.25, -0.2) is 4.57 Å². The van der Waals surface area contributed by atoms with Crippen molar-refractivity contribution in [3.63, 3.8) is 0 Å². The van der Waals surface area contributed by atoms with E-state index in [1.54, 1.807) is 6.08 Å². The van der Waals surface area contributed by atoms with E-state index in [1.165, 1.54) is 321 Å². The normalized spacial score (nSPS) is 13.8. The number of unbranched alkanes of at least 4 members (excludes halogenated alkanes) is 52. The topological polar surface area (TPSA) is 105 Å². The van der Waals surface area contributed by atoms with Crippen molar-refractivity contribution in [3.8, 4) is 0 Å². The Hall–Kier alpha value is -1.80. The molecule has 3 N–H and O–H groups in total. The SMILES string of the molecule is CCCCCCC/C=C\C/C=C\CCCCCCCCCCCCCCCCCCCCCCCCCC(=O)NC(COP(=O)(O)OCC[N+](C)(C)C)C(O)/C=C/CC/C=C/CC/C=C/CCCCCCCCCCCCCCCCCCCCCCCC. The van der Waals surface area contributed by atoms with Crippen LogP contribution < -0.4 is 5.32 Å². The first-order valence-electron chi connectivity index (χ1n) is 39.2. The molecular formula is C80H154N2O6P+. The number of nitrogens with one attached hydrogen (secondary N) is 1. The van der Waals surface area contributed by atoms with E-state index < -0.39 is 20.0 Å². The molecule has 9 heteroatoms. The quantitative estimate of drug-likeness (QED) is 0.0243. The summed E-state index contributed by atoms with van der Waals surface area (Å²) in [6, 6.07) is -0.872. The van der Waals surface area contributed by atoms with Crippen LogP contribution in [-0.2, 0) is 18.4 Å². The summed E-state index contributed by atoms with van der Waals surface area (Å²) >= 11 is 0. The van der Waals surface area contributed by atoms with Gasteiger partial charge < -0.3 is 19.8 Å². The van der Waals surface area contributed by atoms with Gasteiger partial charge in [0.15, 0.2) is 0 Å². The molecule has 0 heterocycles. The van der Waals surface area contributed by atoms with E-state index >= 15 is 0 Å². The summed E-state index contributed by atoms with van der Waals surface area (Å²) in [7, 11) is 1.56. The molecule has 0 saturated heterocycles. The Labute approximate surface area is 555 Å². The van der Waals surface area contributed by atoms with E-state index in [9.17, 15) is 19.4 Å². The van der Waals surface area contributed by atoms with Crippen LogP contribution in [0.4, 0.5) is 0 Å². The second kappa shape index (κ2) is 70.5. The Morgan fingerprint density at radius 1 is 0.382 bits per heavy atom. The van der Waals surface area contributed by atoms with Crippen molar-refractivity contribution in [2.45, 2.75) is 405 Å². The lowest BCUT2D eigenvalue weighted by Crippen LogP contribution is -2.45. The summed E-state index contributed by atoms with van der Waals surface area (Å²) < 4.78 is 23.8. The van der Waals surface area contributed by atoms with Crippen LogP contribution in [0, 0.1) is 0 Å². The summed E-state index contributed by atoms with van der Waals surface area (Å²) in [6.45, 7) is 4.83. The van der Waals surface area contributed by atoms with Gasteiger partial charge >= 0.3 is 7.82 Å². The first kappa shape index (κ1) is 87.2. The van der Waals surface area contributed by atoms with Crippen LogP contribution in [0.15, 0.2) is 60.8 Å². The second-order valence-electron chi connectivity index (χ2n) is 28.1. The molecule has 0 fully saturated rings. The fraction of sp³-hybridized carbons (Fsp3) is 0.863. The smallest absolute Gasteiger partial charge is 0.387 e. The molecule has 0 spiro atoms. The summed E-state index contributed by atoms with van der Waals surface area (Å²) in [4.78, 5) is 23.5. The van der Waals surface area contributed by atoms with Gasteiger partial charge in [0.25, 0.3) is 0 Å². The lowest BCUT2D eigenvalue weighted by Gasteiger charge is -2.25. The van der Waals surface area contributed by atoms with Crippen LogP contribution in [0.3, 0.4) is 0 Å². The number of nitrogens with zero attached hydrogens (tertiary/aromatic N) is 1. The second-order valence-corrected chi connectivity index (χ2v) is 29.5. The molecule has 0 rings (SSSR count). The lowest BCUT2D eigenvalue weighted by molar-refractivity contribution is -0.870. The molecule has 3 unspecified atom stereocenters. The Kier molecular flexibility index (Phi) is 69.1. The molecule has 0 bridgehead atoms. The zero-order valence-corrected chi connectivity index (χ0v) is 61.1. The first-order valence-corrected chi connectivity index (χ1v) is 40.7. The predicted molar refractivity (Wildman–Crippen MR) is 392 cm³/mol. The highest BCUT2D eigenvalue weighted by molar-refractivity contribution is 7.47. The van der Waals surface area contributed by atoms with Crippen molar-refractivity contribution in [3.05, 3.63) is 60.8 Å². The molecule has 524 valence electrons. The maximum atomic E-state index is 13.1. The standard InChI is InChI=1S/C80H153N2O6P/c1-6-8-10-12-14-16-18-20-22-24-26-28-30-32-34-36-38-40-41-42-44-46-48-50-52-54-56-58-60-62-64-66-68-70-72-74-80(84)81-78(77-88-89(85,86)87-76-75-82(3,4)5)79(83)73-71-69-67-65-63-61-59-57-55-53-51-49-47-45-43-39-37-35-33-31-29-27-25-23-21-19-17-15-13-11-9-7-2/h18,20,24,26,55,57,63,65,71,73,78-79,83H,6-17,19,21-23,25,27-54,56,58-62,64,66-70,72,74-77H2,1-5H3,(H-,81,84,85,86)/p+1/b20-18-,26-24-,57-55+,65-63+,73-71+. The summed E-state index contributed by atoms with van der Waals surface area (Å²) in [5, 5.41) is 14.0. The Balaban J connectivity index is 4.03. The molecule has 89 heavy (non-hydrogen) atoms. The molecule has 1 amide bonds. The van der Waals surface area contributed by atoms with Crippen LogP contribution in [0.2, 0.25) is 0 Å². The highest BCUT2D eigenvalue weighted by Crippen LogP contribution is 2.43. The van der Waals surface area contributed by atoms with Gasteiger partial charge in [-0.2, -0.15) is 0 Å². The lowest BCUT2D eigenvalue weighted by atomic mass is 10.0. The van der Waals surface area contributed by atoms with Crippen LogP contribution in [-0.4, -0.2) is 73.4 Å². The van der Waals surface area contributed by atoms with Gasteiger partial charge in [0, 0.05) is 6.42 Å². The van der Waals surface area contributed by atoms with Crippen molar-refractivity contribution in [1.29, 1.82) is 0 Å². The molecule has 0 aliphatic rings. The molecule has 0 aliphatic heterocycles. The zero-order valence-electron chi connectivity index (χ0n) is 60.2. The summed E-state index contributed by atoms with van der Waals surface area (Å²) in [5.74, 6) is -0.184. The maximum absolute atomic E-state index is 13.1. The highest BCUT2D eigenvalue weighted by Gasteiger charge is 2.28. The molecule has 0 aromatic rings. The third-order valence-corrected chi connectivity index (χ3v) is 18.9. The zero-order chi connectivity index (χ0) is 64.8. The largest absolute Gasteiger partial charge is 0.472 e. The van der Waals surface area contributed by atoms with Gasteiger partial charge in [-0.05, 0) is 77.0 Å². The van der Waals surface area contributed by atoms with Crippen LogP contribution >= 0.6 is 7.82 Å². The molecule has 3 atom stereocenters. The minimum absolute atomic E-state index is 0.0540. The van der Waals surface area contributed by atoms with Gasteiger partial charge in [-0.15, -0.1) is 0 Å². The minimum atomic E-state index is -4.37. The molecule has 8 nitrogen and oxygen atoms in total. The molecule has 0 aromatic carbocycles. The van der Waals surface area contributed by atoms with Gasteiger partial charge in [0.2, 0.25) is 5.91 Å². The van der Waals surface area contributed by atoms with Crippen molar-refractivity contribution in [1.82, 2.24) is 5.32 Å². The fourth-order valence-corrected chi connectivity index (χ4v) is 12.6. The van der Waals surface area contributed by atoms with Crippen molar-refractivity contribution >= 4 is 13.7 Å². The number of quaternary nitrogens is 1. The van der Waals surface area contributed by atoms with Crippen molar-refractivity contribution < 1.29 is 32.9 Å². The number of hydrogen-bond donors (Lipinski definition) is 3. The average molecular weight is 1270 g/mol. The number of aliphatic hydroxyl groups excluding tert-OH is 1. The van der Waals surface area contributed by atoms with Crippen LogP contribution in [0.25, 0.3) is 0 Å². The van der Waals surface area contributed by atoms with E-state index in [1.807, 2.05) is 27.2 Å². The average Bonchev–Trinajstić information content (AvgIpc) is 3.64. The maximum Gasteiger partial charge on any atom is 0.472 e. The van der Waals surface area contributed by atoms with E-state index in [-0.39, 0.29) is 19.1 Å². The Morgan fingerprint density at radius 2 is 0.652 bits per heavy atom. The predicted octanol–water partition coefficient (Wildman–Crippen LogP) is 25.5. The number of likely N-dealkylation sites (N-methyl/N-ethyl adjacent to an activating group) is 1. The molecule has 0 radical (unpaired) electrons. The Bertz CT molecular complexity index is 1640. The van der Waals surface area contributed by atoms with Crippen LogP contribution in [0.5, 0.6) is 0 Å². The molecule has 0 aromatic heterocycles. The number of phosphoric acid groups is 1. The number of amides is 1. The van der Waals surface area contributed by atoms with Crippen molar-refractivity contribution in [2.75, 3.05) is 40.9 Å².